The average Bonchev–Trinajstić information content (AvgIpc) is 3.29. The molecule has 3 aromatic rings. The molecule has 0 aliphatic heterocycles. The van der Waals surface area contributed by atoms with Gasteiger partial charge in [-0.2, -0.15) is 0 Å². The van der Waals surface area contributed by atoms with Gasteiger partial charge in [-0.15, -0.1) is 11.3 Å². The lowest BCUT2D eigenvalue weighted by molar-refractivity contribution is -0.132. The maximum absolute atomic E-state index is 12.9. The summed E-state index contributed by atoms with van der Waals surface area (Å²) in [7, 11) is 1.82. The van der Waals surface area contributed by atoms with Gasteiger partial charge in [0, 0.05) is 31.6 Å². The molecule has 31 heavy (non-hydrogen) atoms. The number of amides is 2. The van der Waals surface area contributed by atoms with Gasteiger partial charge in [-0.05, 0) is 30.9 Å². The second-order valence-electron chi connectivity index (χ2n) is 7.68. The van der Waals surface area contributed by atoms with E-state index >= 15 is 0 Å². The Morgan fingerprint density at radius 3 is 2.52 bits per heavy atom. The molecule has 2 aromatic carbocycles. The van der Waals surface area contributed by atoms with Crippen molar-refractivity contribution in [1.29, 1.82) is 0 Å². The molecule has 0 bridgehead atoms. The van der Waals surface area contributed by atoms with Crippen LogP contribution in [-0.4, -0.2) is 35.3 Å². The SMILES string of the molecule is Cc1ccc(CC(=O)NCC(c2ccccc2)N(C)C(=O)CCCc2nccs2)cc1. The fourth-order valence-electron chi connectivity index (χ4n) is 3.44. The second-order valence-corrected chi connectivity index (χ2v) is 8.66. The molecular weight excluding hydrogens is 406 g/mol. The van der Waals surface area contributed by atoms with Gasteiger partial charge in [0.05, 0.1) is 17.5 Å². The molecule has 0 aliphatic rings. The molecule has 1 heterocycles. The summed E-state index contributed by atoms with van der Waals surface area (Å²) in [5.41, 5.74) is 3.16. The van der Waals surface area contributed by atoms with Gasteiger partial charge in [0.15, 0.2) is 0 Å². The van der Waals surface area contributed by atoms with E-state index in [1.807, 2.05) is 73.9 Å². The van der Waals surface area contributed by atoms with Crippen LogP contribution in [0.1, 0.15) is 40.6 Å². The monoisotopic (exact) mass is 435 g/mol. The summed E-state index contributed by atoms with van der Waals surface area (Å²) in [6.45, 7) is 2.40. The van der Waals surface area contributed by atoms with Gasteiger partial charge in [0.1, 0.15) is 0 Å². The van der Waals surface area contributed by atoms with Crippen LogP contribution in [0.4, 0.5) is 0 Å². The normalized spacial score (nSPS) is 11.7. The minimum atomic E-state index is -0.212. The number of nitrogens with one attached hydrogen (secondary N) is 1. The summed E-state index contributed by atoms with van der Waals surface area (Å²) < 4.78 is 0. The lowest BCUT2D eigenvalue weighted by atomic mass is 10.0. The van der Waals surface area contributed by atoms with Gasteiger partial charge in [0.2, 0.25) is 11.8 Å². The number of thiazole rings is 1. The van der Waals surface area contributed by atoms with Gasteiger partial charge in [-0.25, -0.2) is 4.98 Å². The van der Waals surface area contributed by atoms with E-state index in [0.29, 0.717) is 19.4 Å². The number of hydrogen-bond acceptors (Lipinski definition) is 4. The zero-order valence-electron chi connectivity index (χ0n) is 18.1. The van der Waals surface area contributed by atoms with Crippen LogP contribution in [0, 0.1) is 6.92 Å². The predicted molar refractivity (Wildman–Crippen MR) is 125 cm³/mol. The molecule has 6 heteroatoms. The Balaban J connectivity index is 1.58. The number of likely N-dealkylation sites (N-methyl/N-ethyl adjacent to an activating group) is 1. The van der Waals surface area contributed by atoms with Crippen LogP contribution in [0.5, 0.6) is 0 Å². The molecule has 3 rings (SSSR count). The van der Waals surface area contributed by atoms with Gasteiger partial charge >= 0.3 is 0 Å². The van der Waals surface area contributed by atoms with Crippen LogP contribution in [0.25, 0.3) is 0 Å². The van der Waals surface area contributed by atoms with E-state index in [1.54, 1.807) is 22.4 Å². The molecule has 0 aliphatic carbocycles. The number of nitrogens with zero attached hydrogens (tertiary/aromatic N) is 2. The number of carbonyl (C=O) groups is 2. The van der Waals surface area contributed by atoms with Crippen LogP contribution >= 0.6 is 11.3 Å². The molecule has 162 valence electrons. The summed E-state index contributed by atoms with van der Waals surface area (Å²) in [6, 6.07) is 17.6. The summed E-state index contributed by atoms with van der Waals surface area (Å²) in [5, 5.41) is 6.02. The highest BCUT2D eigenvalue weighted by molar-refractivity contribution is 7.09. The molecule has 0 spiro atoms. The fraction of sp³-hybridized carbons (Fsp3) is 0.320. The highest BCUT2D eigenvalue weighted by atomic mass is 32.1. The Morgan fingerprint density at radius 1 is 1.10 bits per heavy atom. The van der Waals surface area contributed by atoms with Crippen LogP contribution in [0.3, 0.4) is 0 Å². The maximum Gasteiger partial charge on any atom is 0.224 e. The number of hydrogen-bond donors (Lipinski definition) is 1. The second kappa shape index (κ2) is 11.4. The Morgan fingerprint density at radius 2 is 1.84 bits per heavy atom. The Kier molecular flexibility index (Phi) is 8.35. The molecule has 0 saturated heterocycles. The first-order valence-corrected chi connectivity index (χ1v) is 11.4. The Labute approximate surface area is 188 Å². The first-order valence-electron chi connectivity index (χ1n) is 10.5. The van der Waals surface area contributed by atoms with E-state index in [1.165, 1.54) is 5.56 Å². The maximum atomic E-state index is 12.9. The van der Waals surface area contributed by atoms with E-state index in [2.05, 4.69) is 10.3 Å². The van der Waals surface area contributed by atoms with Gasteiger partial charge in [0.25, 0.3) is 0 Å². The molecule has 1 N–H and O–H groups in total. The predicted octanol–water partition coefficient (Wildman–Crippen LogP) is 4.33. The lowest BCUT2D eigenvalue weighted by Gasteiger charge is -2.29. The fourth-order valence-corrected chi connectivity index (χ4v) is 4.10. The molecule has 0 saturated carbocycles. The highest BCUT2D eigenvalue weighted by Crippen LogP contribution is 2.20. The quantitative estimate of drug-likeness (QED) is 0.515. The molecule has 1 atom stereocenters. The average molecular weight is 436 g/mol. The smallest absolute Gasteiger partial charge is 0.224 e. The molecule has 5 nitrogen and oxygen atoms in total. The molecule has 2 amide bonds. The van der Waals surface area contributed by atoms with E-state index in [-0.39, 0.29) is 17.9 Å². The van der Waals surface area contributed by atoms with Crippen molar-refractivity contribution in [3.63, 3.8) is 0 Å². The Hall–Kier alpha value is -2.99. The summed E-state index contributed by atoms with van der Waals surface area (Å²) in [4.78, 5) is 31.4. The van der Waals surface area contributed by atoms with E-state index in [0.717, 1.165) is 29.0 Å². The number of aromatic nitrogens is 1. The van der Waals surface area contributed by atoms with Crippen LogP contribution < -0.4 is 5.32 Å². The largest absolute Gasteiger partial charge is 0.353 e. The summed E-state index contributed by atoms with van der Waals surface area (Å²) in [5.74, 6) is 0.0209. The van der Waals surface area contributed by atoms with E-state index in [9.17, 15) is 9.59 Å². The van der Waals surface area contributed by atoms with E-state index in [4.69, 9.17) is 0 Å². The highest BCUT2D eigenvalue weighted by Gasteiger charge is 2.22. The third-order valence-corrected chi connectivity index (χ3v) is 6.13. The van der Waals surface area contributed by atoms with Crippen molar-refractivity contribution < 1.29 is 9.59 Å². The van der Waals surface area contributed by atoms with Gasteiger partial charge < -0.3 is 10.2 Å². The number of rotatable bonds is 10. The van der Waals surface area contributed by atoms with Crippen molar-refractivity contribution in [2.45, 2.75) is 38.6 Å². The van der Waals surface area contributed by atoms with Crippen molar-refractivity contribution in [2.24, 2.45) is 0 Å². The standard InChI is InChI=1S/C25H29N3O2S/c1-19-11-13-20(14-12-19)17-23(29)27-18-22(21-7-4-3-5-8-21)28(2)25(30)10-6-9-24-26-15-16-31-24/h3-5,7-8,11-16,22H,6,9-10,17-18H2,1-2H3,(H,27,29). The number of aryl methyl sites for hydroxylation is 2. The van der Waals surface area contributed by atoms with E-state index < -0.39 is 0 Å². The van der Waals surface area contributed by atoms with Crippen molar-refractivity contribution >= 4 is 23.2 Å². The van der Waals surface area contributed by atoms with Crippen LogP contribution in [-0.2, 0) is 22.4 Å². The van der Waals surface area contributed by atoms with Crippen LogP contribution in [0.2, 0.25) is 0 Å². The molecule has 0 radical (unpaired) electrons. The summed E-state index contributed by atoms with van der Waals surface area (Å²) in [6.07, 6.45) is 4.14. The van der Waals surface area contributed by atoms with Gasteiger partial charge in [-0.3, -0.25) is 9.59 Å². The third-order valence-electron chi connectivity index (χ3n) is 5.29. The van der Waals surface area contributed by atoms with Crippen LogP contribution in [0.15, 0.2) is 66.2 Å². The zero-order valence-corrected chi connectivity index (χ0v) is 18.9. The first-order chi connectivity index (χ1) is 15.0. The lowest BCUT2D eigenvalue weighted by Crippen LogP contribution is -2.39. The Bertz CT molecular complexity index is 956. The molecule has 0 fully saturated rings. The van der Waals surface area contributed by atoms with Gasteiger partial charge in [-0.1, -0.05) is 60.2 Å². The number of benzene rings is 2. The van der Waals surface area contributed by atoms with Crippen molar-refractivity contribution in [2.75, 3.05) is 13.6 Å². The summed E-state index contributed by atoms with van der Waals surface area (Å²) >= 11 is 1.62. The minimum Gasteiger partial charge on any atom is -0.353 e. The number of carbonyl (C=O) groups excluding carboxylic acids is 2. The molecular formula is C25H29N3O2S. The van der Waals surface area contributed by atoms with Crippen molar-refractivity contribution in [1.82, 2.24) is 15.2 Å². The minimum absolute atomic E-state index is 0.0468. The topological polar surface area (TPSA) is 62.3 Å². The molecule has 1 aromatic heterocycles. The van der Waals surface area contributed by atoms with Crippen molar-refractivity contribution in [3.05, 3.63) is 87.9 Å². The molecule has 1 unspecified atom stereocenters. The van der Waals surface area contributed by atoms with Crippen molar-refractivity contribution in [3.8, 4) is 0 Å². The third kappa shape index (κ3) is 7.03. The first kappa shape index (κ1) is 22.7. The zero-order chi connectivity index (χ0) is 22.1.